The van der Waals surface area contributed by atoms with E-state index in [-0.39, 0.29) is 24.3 Å². The van der Waals surface area contributed by atoms with Crippen molar-refractivity contribution >= 4 is 34.9 Å². The fourth-order valence-electron chi connectivity index (χ4n) is 2.71. The Hall–Kier alpha value is -2.90. The summed E-state index contributed by atoms with van der Waals surface area (Å²) in [4.78, 5) is 36.8. The molecule has 2 aromatic carbocycles. The van der Waals surface area contributed by atoms with Crippen molar-refractivity contribution in [1.29, 1.82) is 0 Å². The molecule has 0 aliphatic rings. The Kier molecular flexibility index (Phi) is 7.54. The summed E-state index contributed by atoms with van der Waals surface area (Å²) in [6.07, 6.45) is -0.303. The van der Waals surface area contributed by atoms with Gasteiger partial charge in [0.25, 0.3) is 0 Å². The van der Waals surface area contributed by atoms with Crippen molar-refractivity contribution < 1.29 is 19.5 Å². The van der Waals surface area contributed by atoms with Gasteiger partial charge in [0.15, 0.2) is 5.78 Å². The summed E-state index contributed by atoms with van der Waals surface area (Å²) < 4.78 is 0. The molecule has 2 aromatic rings. The topological polar surface area (TPSA) is 122 Å². The molecule has 2 rings (SSSR count). The maximum absolute atomic E-state index is 12.7. The molecule has 0 spiro atoms. The second-order valence-electron chi connectivity index (χ2n) is 6.27. The summed E-state index contributed by atoms with van der Waals surface area (Å²) in [5.41, 5.74) is 6.93. The lowest BCUT2D eigenvalue weighted by Gasteiger charge is -2.22. The molecule has 0 aliphatic heterocycles. The third-order valence-corrected chi connectivity index (χ3v) is 4.34. The van der Waals surface area contributed by atoms with Gasteiger partial charge in [-0.2, -0.15) is 0 Å². The molecule has 0 radical (unpaired) electrons. The number of nitrogen functional groups attached to an aromatic ring is 1. The van der Waals surface area contributed by atoms with E-state index >= 15 is 0 Å². The van der Waals surface area contributed by atoms with Gasteiger partial charge >= 0.3 is 0 Å². The second kappa shape index (κ2) is 9.87. The normalized spacial score (nSPS) is 12.7. The van der Waals surface area contributed by atoms with Crippen LogP contribution in [-0.2, 0) is 9.59 Å². The summed E-state index contributed by atoms with van der Waals surface area (Å²) in [5.74, 6) is -1.49. The number of hydrogen-bond donors (Lipinski definition) is 4. The molecule has 2 amide bonds. The number of Topliss-reactive ketones (excluding diaryl/α,β-unsaturated/α-hetero) is 1. The third kappa shape index (κ3) is 5.80. The predicted molar refractivity (Wildman–Crippen MR) is 107 cm³/mol. The SMILES string of the molecule is CC(=O)NC(CC(=O)c1cc(Cl)ccc1N)C(=O)NC(CO)c1ccccc1. The summed E-state index contributed by atoms with van der Waals surface area (Å²) >= 11 is 5.92. The van der Waals surface area contributed by atoms with Gasteiger partial charge in [-0.25, -0.2) is 0 Å². The molecule has 8 heteroatoms. The zero-order valence-corrected chi connectivity index (χ0v) is 16.1. The minimum atomic E-state index is -1.12. The molecule has 5 N–H and O–H groups in total. The Balaban J connectivity index is 2.17. The first-order valence-electron chi connectivity index (χ1n) is 8.63. The van der Waals surface area contributed by atoms with Crippen molar-refractivity contribution in [2.75, 3.05) is 12.3 Å². The third-order valence-electron chi connectivity index (χ3n) is 4.10. The van der Waals surface area contributed by atoms with Gasteiger partial charge in [-0.15, -0.1) is 0 Å². The van der Waals surface area contributed by atoms with Crippen molar-refractivity contribution in [1.82, 2.24) is 10.6 Å². The Labute approximate surface area is 167 Å². The molecule has 0 saturated heterocycles. The Bertz CT molecular complexity index is 858. The number of benzene rings is 2. The molecule has 0 fully saturated rings. The van der Waals surface area contributed by atoms with Crippen LogP contribution in [0.1, 0.15) is 35.3 Å². The number of ketones is 1. The number of aliphatic hydroxyl groups excluding tert-OH is 1. The van der Waals surface area contributed by atoms with Gasteiger partial charge < -0.3 is 21.5 Å². The van der Waals surface area contributed by atoms with Crippen molar-refractivity contribution in [3.63, 3.8) is 0 Å². The molecule has 0 heterocycles. The average Bonchev–Trinajstić information content (AvgIpc) is 2.67. The number of nitrogens with two attached hydrogens (primary N) is 1. The highest BCUT2D eigenvalue weighted by molar-refractivity contribution is 6.31. The van der Waals surface area contributed by atoms with Crippen LogP contribution in [0.25, 0.3) is 0 Å². The van der Waals surface area contributed by atoms with E-state index in [0.29, 0.717) is 10.6 Å². The summed E-state index contributed by atoms with van der Waals surface area (Å²) in [5, 5.41) is 15.1. The van der Waals surface area contributed by atoms with Crippen LogP contribution in [0.4, 0.5) is 5.69 Å². The van der Waals surface area contributed by atoms with E-state index < -0.39 is 29.7 Å². The summed E-state index contributed by atoms with van der Waals surface area (Å²) in [6.45, 7) is 0.914. The molecule has 28 heavy (non-hydrogen) atoms. The maximum Gasteiger partial charge on any atom is 0.243 e. The zero-order chi connectivity index (χ0) is 20.7. The first-order valence-corrected chi connectivity index (χ1v) is 9.01. The average molecular weight is 404 g/mol. The number of aliphatic hydroxyl groups is 1. The lowest BCUT2D eigenvalue weighted by Crippen LogP contribution is -2.48. The standard InChI is InChI=1S/C20H22ClN3O4/c1-12(26)23-17(10-19(27)15-9-14(21)7-8-16(15)22)20(28)24-18(11-25)13-5-3-2-4-6-13/h2-9,17-18,25H,10-11,22H2,1H3,(H,23,26)(H,24,28). The van der Waals surface area contributed by atoms with Gasteiger partial charge in [-0.05, 0) is 23.8 Å². The van der Waals surface area contributed by atoms with Crippen molar-refractivity contribution in [3.8, 4) is 0 Å². The number of halogens is 1. The van der Waals surface area contributed by atoms with Gasteiger partial charge in [0.2, 0.25) is 11.8 Å². The highest BCUT2D eigenvalue weighted by Gasteiger charge is 2.26. The van der Waals surface area contributed by atoms with Gasteiger partial charge in [0.05, 0.1) is 12.6 Å². The van der Waals surface area contributed by atoms with Gasteiger partial charge in [-0.1, -0.05) is 41.9 Å². The lowest BCUT2D eigenvalue weighted by molar-refractivity contribution is -0.128. The van der Waals surface area contributed by atoms with Crippen LogP contribution >= 0.6 is 11.6 Å². The van der Waals surface area contributed by atoms with E-state index in [1.54, 1.807) is 30.3 Å². The molecule has 148 valence electrons. The van der Waals surface area contributed by atoms with Crippen LogP contribution in [0.3, 0.4) is 0 Å². The number of nitrogens with one attached hydrogen (secondary N) is 2. The minimum absolute atomic E-state index is 0.178. The monoisotopic (exact) mass is 403 g/mol. The minimum Gasteiger partial charge on any atom is -0.398 e. The van der Waals surface area contributed by atoms with Gasteiger partial charge in [-0.3, -0.25) is 14.4 Å². The first kappa shape index (κ1) is 21.4. The van der Waals surface area contributed by atoms with Crippen molar-refractivity contribution in [2.24, 2.45) is 0 Å². The fourth-order valence-corrected chi connectivity index (χ4v) is 2.88. The largest absolute Gasteiger partial charge is 0.398 e. The van der Waals surface area contributed by atoms with E-state index in [9.17, 15) is 19.5 Å². The Morgan fingerprint density at radius 1 is 1.11 bits per heavy atom. The van der Waals surface area contributed by atoms with Crippen LogP contribution in [-0.4, -0.2) is 35.4 Å². The van der Waals surface area contributed by atoms with Crippen LogP contribution in [0.15, 0.2) is 48.5 Å². The molecule has 0 aromatic heterocycles. The summed E-state index contributed by atoms with van der Waals surface area (Å²) in [6, 6.07) is 11.6. The molecule has 0 bridgehead atoms. The fraction of sp³-hybridized carbons (Fsp3) is 0.250. The zero-order valence-electron chi connectivity index (χ0n) is 15.3. The van der Waals surface area contributed by atoms with Crippen LogP contribution < -0.4 is 16.4 Å². The number of rotatable bonds is 8. The maximum atomic E-state index is 12.7. The number of anilines is 1. The van der Waals surface area contributed by atoms with Crippen LogP contribution in [0, 0.1) is 0 Å². The number of hydrogen-bond acceptors (Lipinski definition) is 5. The first-order chi connectivity index (χ1) is 13.3. The number of amides is 2. The molecule has 2 atom stereocenters. The predicted octanol–water partition coefficient (Wildman–Crippen LogP) is 1.85. The van der Waals surface area contributed by atoms with E-state index in [1.807, 2.05) is 6.07 Å². The molecule has 7 nitrogen and oxygen atoms in total. The lowest BCUT2D eigenvalue weighted by atomic mass is 10.0. The molecule has 2 unspecified atom stereocenters. The highest BCUT2D eigenvalue weighted by Crippen LogP contribution is 2.20. The molecule has 0 saturated carbocycles. The highest BCUT2D eigenvalue weighted by atomic mass is 35.5. The molecular weight excluding hydrogens is 382 g/mol. The van der Waals surface area contributed by atoms with Crippen LogP contribution in [0.2, 0.25) is 5.02 Å². The Morgan fingerprint density at radius 2 is 1.79 bits per heavy atom. The number of carbonyl (C=O) groups excluding carboxylic acids is 3. The Morgan fingerprint density at radius 3 is 2.39 bits per heavy atom. The van der Waals surface area contributed by atoms with Crippen molar-refractivity contribution in [2.45, 2.75) is 25.4 Å². The molecular formula is C20H22ClN3O4. The van der Waals surface area contributed by atoms with Gasteiger partial charge in [0.1, 0.15) is 6.04 Å². The van der Waals surface area contributed by atoms with Crippen LogP contribution in [0.5, 0.6) is 0 Å². The van der Waals surface area contributed by atoms with E-state index in [2.05, 4.69) is 10.6 Å². The quantitative estimate of drug-likeness (QED) is 0.396. The van der Waals surface area contributed by atoms with E-state index in [0.717, 1.165) is 0 Å². The second-order valence-corrected chi connectivity index (χ2v) is 6.70. The molecule has 0 aliphatic carbocycles. The van der Waals surface area contributed by atoms with E-state index in [4.69, 9.17) is 17.3 Å². The van der Waals surface area contributed by atoms with E-state index in [1.165, 1.54) is 19.1 Å². The van der Waals surface area contributed by atoms with Crippen molar-refractivity contribution in [3.05, 3.63) is 64.7 Å². The smallest absolute Gasteiger partial charge is 0.243 e. The van der Waals surface area contributed by atoms with Gasteiger partial charge in [0, 0.05) is 29.6 Å². The number of carbonyl (C=O) groups is 3. The summed E-state index contributed by atoms with van der Waals surface area (Å²) in [7, 11) is 0.